The molecule has 0 saturated carbocycles. The van der Waals surface area contributed by atoms with Crippen molar-refractivity contribution in [1.29, 1.82) is 0 Å². The summed E-state index contributed by atoms with van der Waals surface area (Å²) in [5, 5.41) is 1.93. The van der Waals surface area contributed by atoms with E-state index in [2.05, 4.69) is 11.8 Å². The van der Waals surface area contributed by atoms with E-state index in [1.54, 1.807) is 12.1 Å². The van der Waals surface area contributed by atoms with Gasteiger partial charge in [0.15, 0.2) is 0 Å². The van der Waals surface area contributed by atoms with Crippen molar-refractivity contribution in [2.75, 3.05) is 19.6 Å². The fraction of sp³-hybridized carbons (Fsp3) is 0.364. The third-order valence-corrected chi connectivity index (χ3v) is 6.44. The lowest BCUT2D eigenvalue weighted by atomic mass is 9.98. The predicted octanol–water partition coefficient (Wildman–Crippen LogP) is 3.94. The molecular formula is C22H23FN2O2S. The Morgan fingerprint density at radius 1 is 1.07 bits per heavy atom. The Kier molecular flexibility index (Phi) is 5.31. The largest absolute Gasteiger partial charge is 0.366 e. The van der Waals surface area contributed by atoms with Crippen LogP contribution in [0.4, 0.5) is 4.39 Å². The average Bonchev–Trinajstić information content (AvgIpc) is 3.29. The minimum atomic E-state index is -0.291. The van der Waals surface area contributed by atoms with Crippen LogP contribution in [0.25, 0.3) is 5.57 Å². The van der Waals surface area contributed by atoms with E-state index in [4.69, 9.17) is 0 Å². The van der Waals surface area contributed by atoms with Crippen LogP contribution < -0.4 is 0 Å². The highest BCUT2D eigenvalue weighted by atomic mass is 32.1. The van der Waals surface area contributed by atoms with E-state index >= 15 is 0 Å². The number of rotatable bonds is 5. The molecule has 1 saturated heterocycles. The Labute approximate surface area is 168 Å². The molecule has 2 amide bonds. The van der Waals surface area contributed by atoms with E-state index < -0.39 is 0 Å². The van der Waals surface area contributed by atoms with Crippen molar-refractivity contribution in [2.24, 2.45) is 5.92 Å². The summed E-state index contributed by atoms with van der Waals surface area (Å²) in [5.74, 6) is -0.0718. The number of nitrogens with zero attached hydrogens (tertiary/aromatic N) is 2. The topological polar surface area (TPSA) is 40.6 Å². The minimum Gasteiger partial charge on any atom is -0.366 e. The highest BCUT2D eigenvalue weighted by Gasteiger charge is 2.42. The maximum absolute atomic E-state index is 13.2. The first-order valence-corrected chi connectivity index (χ1v) is 10.6. The normalized spacial score (nSPS) is 18.5. The number of carbonyl (C=O) groups excluding carboxylic acids is 2. The van der Waals surface area contributed by atoms with Crippen LogP contribution in [0.5, 0.6) is 0 Å². The number of benzene rings is 1. The Morgan fingerprint density at radius 3 is 2.43 bits per heavy atom. The van der Waals surface area contributed by atoms with E-state index in [0.717, 1.165) is 36.4 Å². The summed E-state index contributed by atoms with van der Waals surface area (Å²) in [6.07, 6.45) is 2.57. The number of hydrogen-bond donors (Lipinski definition) is 0. The molecule has 0 radical (unpaired) electrons. The van der Waals surface area contributed by atoms with E-state index in [1.165, 1.54) is 28.4 Å². The maximum Gasteiger partial charge on any atom is 0.277 e. The number of amides is 2. The SMILES string of the molecule is CC1CCN(C2=C(c3cccs3)C(=O)N(CCc3ccc(F)cc3)C2=O)CC1. The van der Waals surface area contributed by atoms with Gasteiger partial charge in [0.05, 0.1) is 5.57 Å². The second-order valence-electron chi connectivity index (χ2n) is 7.51. The molecule has 4 nitrogen and oxygen atoms in total. The molecule has 6 heteroatoms. The first kappa shape index (κ1) is 18.9. The molecule has 1 aromatic carbocycles. The van der Waals surface area contributed by atoms with Crippen LogP contribution in [0, 0.1) is 11.7 Å². The quantitative estimate of drug-likeness (QED) is 0.717. The van der Waals surface area contributed by atoms with E-state index in [-0.39, 0.29) is 17.6 Å². The minimum absolute atomic E-state index is 0.204. The van der Waals surface area contributed by atoms with Crippen molar-refractivity contribution >= 4 is 28.7 Å². The van der Waals surface area contributed by atoms with Gasteiger partial charge in [0.1, 0.15) is 11.5 Å². The Hall–Kier alpha value is -2.47. The third-order valence-electron chi connectivity index (χ3n) is 5.55. The van der Waals surface area contributed by atoms with E-state index in [1.807, 2.05) is 17.5 Å². The van der Waals surface area contributed by atoms with Crippen molar-refractivity contribution in [1.82, 2.24) is 9.80 Å². The monoisotopic (exact) mass is 398 g/mol. The molecule has 2 aliphatic heterocycles. The lowest BCUT2D eigenvalue weighted by Crippen LogP contribution is -2.39. The van der Waals surface area contributed by atoms with Crippen molar-refractivity contribution in [2.45, 2.75) is 26.2 Å². The van der Waals surface area contributed by atoms with Gasteiger partial charge in [-0.15, -0.1) is 11.3 Å². The lowest BCUT2D eigenvalue weighted by Gasteiger charge is -2.32. The van der Waals surface area contributed by atoms with Gasteiger partial charge in [0, 0.05) is 24.5 Å². The standard InChI is InChI=1S/C22H23FN2O2S/c1-15-8-11-24(12-9-15)20-19(18-3-2-14-28-18)21(26)25(22(20)27)13-10-16-4-6-17(23)7-5-16/h2-7,14-15H,8-13H2,1H3. The van der Waals surface area contributed by atoms with Gasteiger partial charge >= 0.3 is 0 Å². The molecule has 0 bridgehead atoms. The van der Waals surface area contributed by atoms with Gasteiger partial charge < -0.3 is 4.90 Å². The first-order chi connectivity index (χ1) is 13.5. The Morgan fingerprint density at radius 2 is 1.79 bits per heavy atom. The molecule has 3 heterocycles. The summed E-state index contributed by atoms with van der Waals surface area (Å²) in [6.45, 7) is 4.13. The molecule has 2 aliphatic rings. The molecule has 28 heavy (non-hydrogen) atoms. The smallest absolute Gasteiger partial charge is 0.277 e. The van der Waals surface area contributed by atoms with Crippen molar-refractivity contribution in [3.63, 3.8) is 0 Å². The second-order valence-corrected chi connectivity index (χ2v) is 8.46. The van der Waals surface area contributed by atoms with Crippen molar-refractivity contribution in [3.8, 4) is 0 Å². The summed E-state index contributed by atoms with van der Waals surface area (Å²) in [4.78, 5) is 30.7. The van der Waals surface area contributed by atoms with Gasteiger partial charge in [-0.2, -0.15) is 0 Å². The summed E-state index contributed by atoms with van der Waals surface area (Å²) in [5.41, 5.74) is 1.99. The van der Waals surface area contributed by atoms with Crippen molar-refractivity contribution in [3.05, 3.63) is 63.7 Å². The molecule has 1 fully saturated rings. The number of carbonyl (C=O) groups is 2. The molecule has 2 aromatic rings. The number of halogens is 1. The van der Waals surface area contributed by atoms with Gasteiger partial charge in [0.2, 0.25) is 0 Å². The molecule has 0 aliphatic carbocycles. The number of thiophene rings is 1. The van der Waals surface area contributed by atoms with Gasteiger partial charge in [-0.1, -0.05) is 25.1 Å². The molecule has 4 rings (SSSR count). The Bertz CT molecular complexity index is 897. The molecule has 146 valence electrons. The first-order valence-electron chi connectivity index (χ1n) is 9.68. The van der Waals surface area contributed by atoms with Crippen LogP contribution in [0.1, 0.15) is 30.2 Å². The van der Waals surface area contributed by atoms with Crippen LogP contribution in [0.15, 0.2) is 47.5 Å². The highest BCUT2D eigenvalue weighted by molar-refractivity contribution is 7.11. The number of hydrogen-bond acceptors (Lipinski definition) is 4. The lowest BCUT2D eigenvalue weighted by molar-refractivity contribution is -0.137. The molecule has 0 spiro atoms. The zero-order valence-corrected chi connectivity index (χ0v) is 16.7. The molecule has 0 unspecified atom stereocenters. The summed E-state index contributed by atoms with van der Waals surface area (Å²) >= 11 is 1.49. The zero-order chi connectivity index (χ0) is 19.7. The van der Waals surface area contributed by atoms with E-state index in [0.29, 0.717) is 30.2 Å². The third kappa shape index (κ3) is 3.61. The summed E-state index contributed by atoms with van der Waals surface area (Å²) in [6, 6.07) is 10.0. The second kappa shape index (κ2) is 7.87. The van der Waals surface area contributed by atoms with Crippen LogP contribution in [-0.2, 0) is 16.0 Å². The van der Waals surface area contributed by atoms with Gasteiger partial charge in [0.25, 0.3) is 11.8 Å². The molecule has 0 atom stereocenters. The van der Waals surface area contributed by atoms with Crippen LogP contribution in [-0.4, -0.2) is 41.2 Å². The van der Waals surface area contributed by atoms with Crippen LogP contribution in [0.2, 0.25) is 0 Å². The molecule has 0 N–H and O–H groups in total. The Balaban J connectivity index is 1.59. The summed E-state index contributed by atoms with van der Waals surface area (Å²) < 4.78 is 13.1. The van der Waals surface area contributed by atoms with Crippen LogP contribution >= 0.6 is 11.3 Å². The average molecular weight is 399 g/mol. The highest BCUT2D eigenvalue weighted by Crippen LogP contribution is 2.35. The zero-order valence-electron chi connectivity index (χ0n) is 15.9. The summed E-state index contributed by atoms with van der Waals surface area (Å²) in [7, 11) is 0. The van der Waals surface area contributed by atoms with E-state index in [9.17, 15) is 14.0 Å². The number of imide groups is 1. The number of likely N-dealkylation sites (tertiary alicyclic amines) is 1. The van der Waals surface area contributed by atoms with Gasteiger partial charge in [-0.3, -0.25) is 14.5 Å². The fourth-order valence-corrected chi connectivity index (χ4v) is 4.59. The van der Waals surface area contributed by atoms with Gasteiger partial charge in [-0.05, 0) is 54.3 Å². The molecular weight excluding hydrogens is 375 g/mol. The number of piperidine rings is 1. The molecule has 1 aromatic heterocycles. The van der Waals surface area contributed by atoms with Crippen LogP contribution in [0.3, 0.4) is 0 Å². The predicted molar refractivity (Wildman–Crippen MR) is 108 cm³/mol. The van der Waals surface area contributed by atoms with Gasteiger partial charge in [-0.25, -0.2) is 4.39 Å². The fourth-order valence-electron chi connectivity index (χ4n) is 3.83. The maximum atomic E-state index is 13.2. The van der Waals surface area contributed by atoms with Crippen molar-refractivity contribution < 1.29 is 14.0 Å².